The van der Waals surface area contributed by atoms with Gasteiger partial charge in [0.25, 0.3) is 0 Å². The highest BCUT2D eigenvalue weighted by Gasteiger charge is 2.23. The van der Waals surface area contributed by atoms with Crippen LogP contribution in [0.15, 0.2) is 54.7 Å². The number of carbonyl (C=O) groups is 1. The van der Waals surface area contributed by atoms with E-state index in [-0.39, 0.29) is 12.6 Å². The van der Waals surface area contributed by atoms with Crippen LogP contribution < -0.4 is 5.32 Å². The van der Waals surface area contributed by atoms with E-state index in [0.717, 1.165) is 49.3 Å². The van der Waals surface area contributed by atoms with Crippen LogP contribution in [0.2, 0.25) is 0 Å². The monoisotopic (exact) mass is 565 g/mol. The molecule has 1 atom stereocenters. The molecule has 2 aliphatic heterocycles. The van der Waals surface area contributed by atoms with Gasteiger partial charge in [-0.05, 0) is 62.7 Å². The molecule has 0 bridgehead atoms. The predicted molar refractivity (Wildman–Crippen MR) is 153 cm³/mol. The summed E-state index contributed by atoms with van der Waals surface area (Å²) in [5.74, 6) is -0.0155. The highest BCUT2D eigenvalue weighted by Crippen LogP contribution is 2.28. The standard InChI is InChI=1S/C30H31N9O3/c31-15-20-3-1-4-22(13-20)26-14-27(35-30(34-26)33-24-9-12-42-19-24)28-17-39(37-36-28)16-23-5-2-6-25(32-23)21-7-10-38(11-8-21)18-29(40)41/h1-6,13-14,17,21,24H,7-12,16,18-19H2,(H,40,41)(H,33,34,35)/t24-/m1/s1. The van der Waals surface area contributed by atoms with Crippen molar-refractivity contribution in [2.45, 2.75) is 37.8 Å². The van der Waals surface area contributed by atoms with Gasteiger partial charge in [-0.25, -0.2) is 14.6 Å². The Morgan fingerprint density at radius 3 is 2.67 bits per heavy atom. The van der Waals surface area contributed by atoms with E-state index in [1.165, 1.54) is 0 Å². The maximum Gasteiger partial charge on any atom is 0.317 e. The minimum atomic E-state index is -0.789. The maximum absolute atomic E-state index is 11.0. The number of carboxylic acids is 1. The van der Waals surface area contributed by atoms with Crippen molar-refractivity contribution in [2.24, 2.45) is 0 Å². The van der Waals surface area contributed by atoms with E-state index >= 15 is 0 Å². The van der Waals surface area contributed by atoms with E-state index in [0.29, 0.717) is 54.3 Å². The Hall–Kier alpha value is -4.73. The second kappa shape index (κ2) is 12.4. The second-order valence-electron chi connectivity index (χ2n) is 10.7. The minimum absolute atomic E-state index is 0.0848. The zero-order valence-electron chi connectivity index (χ0n) is 23.1. The third kappa shape index (κ3) is 6.59. The lowest BCUT2D eigenvalue weighted by molar-refractivity contribution is -0.138. The van der Waals surface area contributed by atoms with Crippen LogP contribution in [0.5, 0.6) is 0 Å². The fourth-order valence-electron chi connectivity index (χ4n) is 5.42. The van der Waals surface area contributed by atoms with Crippen LogP contribution in [0.3, 0.4) is 0 Å². The Morgan fingerprint density at radius 2 is 1.88 bits per heavy atom. The highest BCUT2D eigenvalue weighted by molar-refractivity contribution is 5.69. The van der Waals surface area contributed by atoms with E-state index in [1.54, 1.807) is 16.8 Å². The predicted octanol–water partition coefficient (Wildman–Crippen LogP) is 3.18. The number of ether oxygens (including phenoxy) is 1. The molecule has 4 aromatic rings. The lowest BCUT2D eigenvalue weighted by Gasteiger charge is -2.30. The number of nitriles is 1. The number of aromatic nitrogens is 6. The number of hydrogen-bond donors (Lipinski definition) is 2. The van der Waals surface area contributed by atoms with Crippen molar-refractivity contribution in [3.8, 4) is 28.7 Å². The van der Waals surface area contributed by atoms with Gasteiger partial charge in [-0.2, -0.15) is 5.26 Å². The number of carboxylic acid groups (broad SMARTS) is 1. The van der Waals surface area contributed by atoms with E-state index in [4.69, 9.17) is 24.8 Å². The lowest BCUT2D eigenvalue weighted by Crippen LogP contribution is -2.36. The summed E-state index contributed by atoms with van der Waals surface area (Å²) in [5, 5.41) is 30.6. The van der Waals surface area contributed by atoms with Crippen LogP contribution in [0.1, 0.15) is 42.1 Å². The van der Waals surface area contributed by atoms with Crippen LogP contribution in [0.25, 0.3) is 22.6 Å². The fourth-order valence-corrected chi connectivity index (χ4v) is 5.42. The molecule has 12 nitrogen and oxygen atoms in total. The Bertz CT molecular complexity index is 1600. The summed E-state index contributed by atoms with van der Waals surface area (Å²) in [6.07, 6.45) is 4.48. The van der Waals surface area contributed by atoms with Gasteiger partial charge < -0.3 is 15.2 Å². The molecule has 5 heterocycles. The number of pyridine rings is 1. The second-order valence-corrected chi connectivity index (χ2v) is 10.7. The molecule has 2 N–H and O–H groups in total. The average molecular weight is 566 g/mol. The smallest absolute Gasteiger partial charge is 0.317 e. The zero-order valence-corrected chi connectivity index (χ0v) is 23.1. The van der Waals surface area contributed by atoms with Gasteiger partial charge in [0.1, 0.15) is 5.69 Å². The Labute approximate surface area is 243 Å². The highest BCUT2D eigenvalue weighted by atomic mass is 16.5. The number of nitrogens with zero attached hydrogens (tertiary/aromatic N) is 8. The minimum Gasteiger partial charge on any atom is -0.480 e. The van der Waals surface area contributed by atoms with Crippen molar-refractivity contribution < 1.29 is 14.6 Å². The van der Waals surface area contributed by atoms with Gasteiger partial charge in [0, 0.05) is 23.8 Å². The van der Waals surface area contributed by atoms with E-state index < -0.39 is 5.97 Å². The van der Waals surface area contributed by atoms with Crippen molar-refractivity contribution in [3.05, 3.63) is 71.7 Å². The number of anilines is 1. The summed E-state index contributed by atoms with van der Waals surface area (Å²) < 4.78 is 7.25. The Morgan fingerprint density at radius 1 is 1.05 bits per heavy atom. The summed E-state index contributed by atoms with van der Waals surface area (Å²) in [6.45, 7) is 3.33. The number of likely N-dealkylation sites (tertiary alicyclic amines) is 1. The first-order chi connectivity index (χ1) is 20.5. The van der Waals surface area contributed by atoms with Crippen molar-refractivity contribution in [2.75, 3.05) is 38.2 Å². The molecule has 1 aromatic carbocycles. The van der Waals surface area contributed by atoms with Gasteiger partial charge in [-0.3, -0.25) is 14.7 Å². The number of hydrogen-bond acceptors (Lipinski definition) is 10. The Balaban J connectivity index is 1.21. The molecule has 0 saturated carbocycles. The molecule has 6 rings (SSSR count). The molecule has 2 saturated heterocycles. The number of benzene rings is 1. The van der Waals surface area contributed by atoms with Gasteiger partial charge in [-0.15, -0.1) is 5.10 Å². The molecule has 12 heteroatoms. The molecule has 2 fully saturated rings. The first kappa shape index (κ1) is 27.4. The number of rotatable bonds is 9. The molecule has 0 radical (unpaired) electrons. The van der Waals surface area contributed by atoms with Crippen LogP contribution in [0.4, 0.5) is 5.95 Å². The topological polar surface area (TPSA) is 155 Å². The number of piperidine rings is 1. The SMILES string of the molecule is N#Cc1cccc(-c2cc(-c3cn(Cc4cccc(C5CCN(CC(=O)O)CC5)n4)nn3)nc(N[C@@H]3CCOC3)n2)c1. The van der Waals surface area contributed by atoms with Gasteiger partial charge in [0.2, 0.25) is 5.95 Å². The first-order valence-corrected chi connectivity index (χ1v) is 14.1. The van der Waals surface area contributed by atoms with Crippen LogP contribution >= 0.6 is 0 Å². The van der Waals surface area contributed by atoms with E-state index in [9.17, 15) is 10.1 Å². The molecule has 3 aromatic heterocycles. The van der Waals surface area contributed by atoms with Crippen molar-refractivity contribution in [1.82, 2.24) is 34.8 Å². The van der Waals surface area contributed by atoms with Gasteiger partial charge in [0.05, 0.1) is 60.6 Å². The summed E-state index contributed by atoms with van der Waals surface area (Å²) >= 11 is 0. The summed E-state index contributed by atoms with van der Waals surface area (Å²) in [5.41, 5.74) is 5.15. The quantitative estimate of drug-likeness (QED) is 0.307. The summed E-state index contributed by atoms with van der Waals surface area (Å²) in [6, 6.07) is 17.5. The third-order valence-electron chi connectivity index (χ3n) is 7.59. The number of nitrogens with one attached hydrogen (secondary N) is 1. The molecular formula is C30H31N9O3. The molecule has 0 amide bonds. The molecule has 0 unspecified atom stereocenters. The molecular weight excluding hydrogens is 534 g/mol. The van der Waals surface area contributed by atoms with Crippen LogP contribution in [-0.4, -0.2) is 84.8 Å². The molecule has 42 heavy (non-hydrogen) atoms. The zero-order chi connectivity index (χ0) is 28.9. The molecule has 214 valence electrons. The first-order valence-electron chi connectivity index (χ1n) is 14.1. The maximum atomic E-state index is 11.0. The van der Waals surface area contributed by atoms with E-state index in [1.807, 2.05) is 47.5 Å². The van der Waals surface area contributed by atoms with Crippen LogP contribution in [0, 0.1) is 11.3 Å². The summed E-state index contributed by atoms with van der Waals surface area (Å²) in [4.78, 5) is 27.4. The van der Waals surface area contributed by atoms with Gasteiger partial charge in [0.15, 0.2) is 0 Å². The van der Waals surface area contributed by atoms with Gasteiger partial charge >= 0.3 is 5.97 Å². The Kier molecular flexibility index (Phi) is 8.12. The normalized spacial score (nSPS) is 17.6. The molecule has 0 spiro atoms. The third-order valence-corrected chi connectivity index (χ3v) is 7.59. The van der Waals surface area contributed by atoms with Crippen LogP contribution in [-0.2, 0) is 16.1 Å². The molecule has 0 aliphatic carbocycles. The molecule has 2 aliphatic rings. The van der Waals surface area contributed by atoms with Gasteiger partial charge in [-0.1, -0.05) is 23.4 Å². The van der Waals surface area contributed by atoms with E-state index in [2.05, 4.69) is 21.7 Å². The number of aliphatic carboxylic acids is 1. The van der Waals surface area contributed by atoms with Crippen molar-refractivity contribution in [1.29, 1.82) is 5.26 Å². The largest absolute Gasteiger partial charge is 0.480 e. The van der Waals surface area contributed by atoms with Crippen molar-refractivity contribution in [3.63, 3.8) is 0 Å². The van der Waals surface area contributed by atoms with Crippen molar-refractivity contribution >= 4 is 11.9 Å². The lowest BCUT2D eigenvalue weighted by atomic mass is 9.93. The fraction of sp³-hybridized carbons (Fsp3) is 0.367. The summed E-state index contributed by atoms with van der Waals surface area (Å²) in [7, 11) is 0. The average Bonchev–Trinajstić information content (AvgIpc) is 3.70.